The van der Waals surface area contributed by atoms with Crippen molar-refractivity contribution in [2.75, 3.05) is 11.9 Å². The van der Waals surface area contributed by atoms with Crippen molar-refractivity contribution in [1.82, 2.24) is 9.79 Å². The molecule has 0 bridgehead atoms. The lowest BCUT2D eigenvalue weighted by atomic mass is 9.95. The average molecular weight is 419 g/mol. The first-order chi connectivity index (χ1) is 13.9. The van der Waals surface area contributed by atoms with Crippen LogP contribution in [0.1, 0.15) is 18.1 Å². The molecule has 0 spiro atoms. The van der Waals surface area contributed by atoms with E-state index in [9.17, 15) is 18.0 Å². The van der Waals surface area contributed by atoms with Crippen LogP contribution in [0, 0.1) is 0 Å². The van der Waals surface area contributed by atoms with Crippen molar-refractivity contribution in [3.05, 3.63) is 59.7 Å². The van der Waals surface area contributed by atoms with Crippen LogP contribution in [0.2, 0.25) is 0 Å². The van der Waals surface area contributed by atoms with Crippen LogP contribution in [0.15, 0.2) is 53.4 Å². The summed E-state index contributed by atoms with van der Waals surface area (Å²) >= 11 is 0. The molecule has 2 aromatic carbocycles. The summed E-state index contributed by atoms with van der Waals surface area (Å²) in [6, 6.07) is 11.8. The molecule has 1 aliphatic rings. The van der Waals surface area contributed by atoms with Crippen LogP contribution in [0.3, 0.4) is 0 Å². The fourth-order valence-corrected chi connectivity index (χ4v) is 4.82. The lowest BCUT2D eigenvalue weighted by Gasteiger charge is -2.34. The third-order valence-electron chi connectivity index (χ3n) is 4.58. The molecule has 9 nitrogen and oxygen atoms in total. The molecule has 1 atom stereocenters. The van der Waals surface area contributed by atoms with Gasteiger partial charge in [-0.3, -0.25) is 15.3 Å². The van der Waals surface area contributed by atoms with E-state index >= 15 is 0 Å². The molecule has 1 aliphatic heterocycles. The first-order valence-electron chi connectivity index (χ1n) is 8.93. The summed E-state index contributed by atoms with van der Waals surface area (Å²) < 4.78 is 32.5. The predicted molar refractivity (Wildman–Crippen MR) is 104 cm³/mol. The molecule has 0 fully saturated rings. The molecule has 0 unspecified atom stereocenters. The number of ether oxygens (including phenoxy) is 1. The number of carbonyl (C=O) groups excluding carboxylic acids is 2. The molecule has 2 aromatic rings. The Bertz CT molecular complexity index is 1020. The van der Waals surface area contributed by atoms with Crippen molar-refractivity contribution in [2.24, 2.45) is 0 Å². The lowest BCUT2D eigenvalue weighted by molar-refractivity contribution is -0.133. The molecule has 2 amide bonds. The van der Waals surface area contributed by atoms with Crippen LogP contribution in [0.25, 0.3) is 0 Å². The van der Waals surface area contributed by atoms with Crippen LogP contribution in [-0.4, -0.2) is 42.6 Å². The number of rotatable bonds is 5. The second kappa shape index (κ2) is 8.60. The van der Waals surface area contributed by atoms with Crippen LogP contribution in [0.4, 0.5) is 10.5 Å². The second-order valence-electron chi connectivity index (χ2n) is 6.39. The number of hydrogen-bond donors (Lipinski definition) is 3. The quantitative estimate of drug-likeness (QED) is 0.502. The first-order valence-corrected chi connectivity index (χ1v) is 10.4. The Kier molecular flexibility index (Phi) is 6.16. The van der Waals surface area contributed by atoms with Crippen molar-refractivity contribution in [1.29, 1.82) is 0 Å². The number of nitrogens with zero attached hydrogens (tertiary/aromatic N) is 1. The largest absolute Gasteiger partial charge is 0.450 e. The zero-order chi connectivity index (χ0) is 21.0. The Morgan fingerprint density at radius 1 is 1.17 bits per heavy atom. The number of hydrogen-bond acceptors (Lipinski definition) is 6. The van der Waals surface area contributed by atoms with Gasteiger partial charge in [0.25, 0.3) is 5.91 Å². The van der Waals surface area contributed by atoms with E-state index in [0.717, 1.165) is 15.4 Å². The number of amides is 2. The van der Waals surface area contributed by atoms with Gasteiger partial charge < -0.3 is 4.74 Å². The van der Waals surface area contributed by atoms with Gasteiger partial charge in [0.2, 0.25) is 10.0 Å². The molecule has 0 saturated carbocycles. The Morgan fingerprint density at radius 3 is 2.59 bits per heavy atom. The van der Waals surface area contributed by atoms with E-state index < -0.39 is 28.1 Å². The predicted octanol–water partition coefficient (Wildman–Crippen LogP) is 1.88. The maximum atomic E-state index is 13.3. The van der Waals surface area contributed by atoms with Crippen molar-refractivity contribution < 1.29 is 28.0 Å². The number of fused-ring (bicyclic) bond motifs is 1. The standard InChI is InChI=1S/C19H21N3O6S/c1-2-28-19(24)20-15-8-5-9-16(11-15)29(26,27)22-12-14-7-4-3-6-13(14)10-17(22)18(23)21-25/h3-9,11,17,25H,2,10,12H2,1H3,(H,20,24)(H,21,23)/t17-/m1/s1. The van der Waals surface area contributed by atoms with Gasteiger partial charge in [-0.25, -0.2) is 18.7 Å². The molecule has 154 valence electrons. The molecule has 3 rings (SSSR count). The molecular formula is C19H21N3O6S. The number of hydroxylamine groups is 1. The van der Waals surface area contributed by atoms with Gasteiger partial charge in [-0.1, -0.05) is 30.3 Å². The highest BCUT2D eigenvalue weighted by atomic mass is 32.2. The monoisotopic (exact) mass is 419 g/mol. The normalized spacial score (nSPS) is 16.6. The number of anilines is 1. The molecule has 0 saturated heterocycles. The Balaban J connectivity index is 1.96. The summed E-state index contributed by atoms with van der Waals surface area (Å²) in [5, 5.41) is 11.6. The fraction of sp³-hybridized carbons (Fsp3) is 0.263. The molecule has 1 heterocycles. The summed E-state index contributed by atoms with van der Waals surface area (Å²) in [5.74, 6) is -0.816. The van der Waals surface area contributed by atoms with Crippen molar-refractivity contribution >= 4 is 27.7 Å². The summed E-state index contributed by atoms with van der Waals surface area (Å²) in [6.45, 7) is 1.81. The van der Waals surface area contributed by atoms with Crippen molar-refractivity contribution in [2.45, 2.75) is 30.8 Å². The first kappa shape index (κ1) is 20.8. The molecule has 0 aliphatic carbocycles. The number of benzene rings is 2. The number of sulfonamides is 1. The van der Waals surface area contributed by atoms with E-state index in [2.05, 4.69) is 5.32 Å². The van der Waals surface area contributed by atoms with Crippen molar-refractivity contribution in [3.8, 4) is 0 Å². The third-order valence-corrected chi connectivity index (χ3v) is 6.43. The lowest BCUT2D eigenvalue weighted by Crippen LogP contribution is -2.51. The average Bonchev–Trinajstić information content (AvgIpc) is 2.72. The van der Waals surface area contributed by atoms with Crippen molar-refractivity contribution in [3.63, 3.8) is 0 Å². The SMILES string of the molecule is CCOC(=O)Nc1cccc(S(=O)(=O)N2Cc3ccccc3C[C@@H]2C(=O)NO)c1. The minimum absolute atomic E-state index is 0.0217. The van der Waals surface area contributed by atoms with Gasteiger partial charge in [-0.15, -0.1) is 0 Å². The minimum atomic E-state index is -4.11. The third kappa shape index (κ3) is 4.39. The Hall–Kier alpha value is -2.95. The molecular weight excluding hydrogens is 398 g/mol. The minimum Gasteiger partial charge on any atom is -0.450 e. The highest BCUT2D eigenvalue weighted by Gasteiger charge is 2.39. The molecule has 0 radical (unpaired) electrons. The zero-order valence-electron chi connectivity index (χ0n) is 15.7. The van der Waals surface area contributed by atoms with E-state index in [1.807, 2.05) is 6.07 Å². The molecule has 29 heavy (non-hydrogen) atoms. The van der Waals surface area contributed by atoms with Crippen LogP contribution in [-0.2, 0) is 32.5 Å². The smallest absolute Gasteiger partial charge is 0.411 e. The maximum absolute atomic E-state index is 13.3. The summed E-state index contributed by atoms with van der Waals surface area (Å²) in [4.78, 5) is 23.7. The molecule has 10 heteroatoms. The van der Waals surface area contributed by atoms with Crippen LogP contribution < -0.4 is 10.8 Å². The highest BCUT2D eigenvalue weighted by Crippen LogP contribution is 2.30. The van der Waals surface area contributed by atoms with E-state index in [4.69, 9.17) is 9.94 Å². The van der Waals surface area contributed by atoms with E-state index in [0.29, 0.717) is 0 Å². The Morgan fingerprint density at radius 2 is 1.90 bits per heavy atom. The van der Waals surface area contributed by atoms with Crippen LogP contribution >= 0.6 is 0 Å². The zero-order valence-corrected chi connectivity index (χ0v) is 16.5. The fourth-order valence-electron chi connectivity index (χ4n) is 3.20. The van der Waals surface area contributed by atoms with Gasteiger partial charge in [0.15, 0.2) is 0 Å². The van der Waals surface area contributed by atoms with Gasteiger partial charge >= 0.3 is 6.09 Å². The summed E-state index contributed by atoms with van der Waals surface area (Å²) in [6.07, 6.45) is -0.575. The van der Waals surface area contributed by atoms with E-state index in [-0.39, 0.29) is 30.2 Å². The highest BCUT2D eigenvalue weighted by molar-refractivity contribution is 7.89. The van der Waals surface area contributed by atoms with E-state index in [1.165, 1.54) is 24.3 Å². The summed E-state index contributed by atoms with van der Waals surface area (Å²) in [7, 11) is -4.11. The van der Waals surface area contributed by atoms with E-state index in [1.54, 1.807) is 30.6 Å². The van der Waals surface area contributed by atoms with Crippen LogP contribution in [0.5, 0.6) is 0 Å². The van der Waals surface area contributed by atoms with Gasteiger partial charge in [0, 0.05) is 12.2 Å². The molecule has 0 aromatic heterocycles. The van der Waals surface area contributed by atoms with Gasteiger partial charge in [0.1, 0.15) is 6.04 Å². The van der Waals surface area contributed by atoms with Gasteiger partial charge in [0.05, 0.1) is 11.5 Å². The van der Waals surface area contributed by atoms with Gasteiger partial charge in [-0.05, 0) is 42.7 Å². The topological polar surface area (TPSA) is 125 Å². The maximum Gasteiger partial charge on any atom is 0.411 e. The number of carbonyl (C=O) groups is 2. The Labute approximate surface area is 168 Å². The molecule has 3 N–H and O–H groups in total. The second-order valence-corrected chi connectivity index (χ2v) is 8.28. The summed E-state index contributed by atoms with van der Waals surface area (Å²) in [5.41, 5.74) is 3.41. The van der Waals surface area contributed by atoms with Gasteiger partial charge in [-0.2, -0.15) is 4.31 Å². The number of nitrogens with one attached hydrogen (secondary N) is 2.